The van der Waals surface area contributed by atoms with E-state index in [0.29, 0.717) is 30.8 Å². The average Bonchev–Trinajstić information content (AvgIpc) is 3.38. The lowest BCUT2D eigenvalue weighted by atomic mass is 10.1. The molecule has 0 spiro atoms. The molecule has 1 amide bonds. The van der Waals surface area contributed by atoms with Crippen molar-refractivity contribution in [2.45, 2.75) is 38.1 Å². The zero-order valence-corrected chi connectivity index (χ0v) is 16.2. The Morgan fingerprint density at radius 1 is 1.07 bits per heavy atom. The number of nitrogens with zero attached hydrogens (tertiary/aromatic N) is 1. The fraction of sp³-hybridized carbons (Fsp3) is 0.364. The lowest BCUT2D eigenvalue weighted by Crippen LogP contribution is -2.17. The molecule has 29 heavy (non-hydrogen) atoms. The molecule has 1 saturated carbocycles. The number of amides is 1. The Balaban J connectivity index is 1.29. The van der Waals surface area contributed by atoms with E-state index in [9.17, 15) is 4.79 Å². The van der Waals surface area contributed by atoms with Gasteiger partial charge in [-0.2, -0.15) is 5.10 Å². The first-order chi connectivity index (χ1) is 14.2. The fourth-order valence-corrected chi connectivity index (χ4v) is 4.06. The maximum atomic E-state index is 12.6. The van der Waals surface area contributed by atoms with Gasteiger partial charge >= 0.3 is 0 Å². The van der Waals surface area contributed by atoms with Gasteiger partial charge in [0, 0.05) is 17.1 Å². The number of hydrogen-bond donors (Lipinski definition) is 3. The summed E-state index contributed by atoms with van der Waals surface area (Å²) in [6.45, 7) is 1.08. The van der Waals surface area contributed by atoms with Crippen molar-refractivity contribution in [2.24, 2.45) is 0 Å². The van der Waals surface area contributed by atoms with Gasteiger partial charge in [-0.15, -0.1) is 0 Å². The van der Waals surface area contributed by atoms with Crippen molar-refractivity contribution in [3.63, 3.8) is 0 Å². The summed E-state index contributed by atoms with van der Waals surface area (Å²) in [6.07, 6.45) is 5.23. The summed E-state index contributed by atoms with van der Waals surface area (Å²) in [6, 6.07) is 12.2. The largest absolute Gasteiger partial charge is 0.486 e. The van der Waals surface area contributed by atoms with E-state index in [-0.39, 0.29) is 12.3 Å². The number of aromatic amines is 1. The molecule has 2 aliphatic rings. The number of rotatable bonds is 5. The Labute approximate surface area is 168 Å². The molecule has 1 aromatic heterocycles. The second-order valence-corrected chi connectivity index (χ2v) is 7.66. The number of ether oxygens (including phenoxy) is 2. The zero-order chi connectivity index (χ0) is 19.6. The number of nitrogens with one attached hydrogen (secondary N) is 3. The number of aromatic nitrogens is 2. The smallest absolute Gasteiger partial charge is 0.230 e. The number of carbonyl (C=O) groups excluding carboxylic acids is 1. The molecule has 7 heteroatoms. The van der Waals surface area contributed by atoms with E-state index >= 15 is 0 Å². The average molecular weight is 392 g/mol. The molecule has 0 unspecified atom stereocenters. The highest BCUT2D eigenvalue weighted by atomic mass is 16.6. The Hall–Kier alpha value is -3.22. The standard InChI is InChI=1S/C22H24N4O3/c27-21(12-14-5-8-19-20(11-14)29-10-9-28-19)24-22-17-13-16(6-7-18(17)25-26-22)23-15-3-1-2-4-15/h5-8,11,13,15,23H,1-4,9-10,12H2,(H2,24,25,26,27). The molecule has 150 valence electrons. The van der Waals surface area contributed by atoms with Crippen molar-refractivity contribution < 1.29 is 14.3 Å². The van der Waals surface area contributed by atoms with Crippen molar-refractivity contribution in [2.75, 3.05) is 23.8 Å². The number of fused-ring (bicyclic) bond motifs is 2. The molecule has 2 aromatic carbocycles. The van der Waals surface area contributed by atoms with Crippen LogP contribution in [0.25, 0.3) is 10.9 Å². The van der Waals surface area contributed by atoms with Gasteiger partial charge in [0.2, 0.25) is 5.91 Å². The van der Waals surface area contributed by atoms with Crippen LogP contribution in [0.15, 0.2) is 36.4 Å². The van der Waals surface area contributed by atoms with Crippen LogP contribution in [0.2, 0.25) is 0 Å². The van der Waals surface area contributed by atoms with Crippen molar-refractivity contribution in [3.8, 4) is 11.5 Å². The van der Waals surface area contributed by atoms with Gasteiger partial charge in [0.1, 0.15) is 13.2 Å². The molecular weight excluding hydrogens is 368 g/mol. The van der Waals surface area contributed by atoms with Gasteiger partial charge in [-0.05, 0) is 48.7 Å². The lowest BCUT2D eigenvalue weighted by Gasteiger charge is -2.18. The summed E-state index contributed by atoms with van der Waals surface area (Å²) in [7, 11) is 0. The van der Waals surface area contributed by atoms with E-state index in [1.165, 1.54) is 25.7 Å². The van der Waals surface area contributed by atoms with E-state index < -0.39 is 0 Å². The molecule has 1 aliphatic carbocycles. The van der Waals surface area contributed by atoms with Gasteiger partial charge in [0.25, 0.3) is 0 Å². The van der Waals surface area contributed by atoms with Crippen LogP contribution in [-0.2, 0) is 11.2 Å². The third kappa shape index (κ3) is 3.85. The lowest BCUT2D eigenvalue weighted by molar-refractivity contribution is -0.115. The number of carbonyl (C=O) groups is 1. The third-order valence-electron chi connectivity index (χ3n) is 5.52. The molecular formula is C22H24N4O3. The van der Waals surface area contributed by atoms with Gasteiger partial charge in [-0.25, -0.2) is 0 Å². The van der Waals surface area contributed by atoms with Crippen molar-refractivity contribution in [1.82, 2.24) is 10.2 Å². The summed E-state index contributed by atoms with van der Waals surface area (Å²) < 4.78 is 11.1. The first kappa shape index (κ1) is 17.8. The second kappa shape index (κ2) is 7.66. The molecule has 0 radical (unpaired) electrons. The van der Waals surface area contributed by atoms with Crippen LogP contribution in [0.4, 0.5) is 11.5 Å². The monoisotopic (exact) mass is 392 g/mol. The molecule has 5 rings (SSSR count). The molecule has 0 bridgehead atoms. The molecule has 7 nitrogen and oxygen atoms in total. The predicted octanol–water partition coefficient (Wildman–Crippen LogP) is 3.87. The zero-order valence-electron chi connectivity index (χ0n) is 16.2. The molecule has 1 fully saturated rings. The SMILES string of the molecule is O=C(Cc1ccc2c(c1)OCCO2)Nc1n[nH]c2ccc(NC3CCCC3)cc12. The molecule has 2 heterocycles. The fourth-order valence-electron chi connectivity index (χ4n) is 4.06. The summed E-state index contributed by atoms with van der Waals surface area (Å²) in [5, 5.41) is 14.7. The van der Waals surface area contributed by atoms with E-state index in [2.05, 4.69) is 33.0 Å². The van der Waals surface area contributed by atoms with Crippen molar-refractivity contribution >= 4 is 28.3 Å². The van der Waals surface area contributed by atoms with Gasteiger partial charge in [-0.3, -0.25) is 9.89 Å². The highest BCUT2D eigenvalue weighted by molar-refractivity contribution is 6.01. The van der Waals surface area contributed by atoms with Crippen LogP contribution in [0, 0.1) is 0 Å². The van der Waals surface area contributed by atoms with Gasteiger partial charge in [0.05, 0.1) is 11.9 Å². The second-order valence-electron chi connectivity index (χ2n) is 7.66. The van der Waals surface area contributed by atoms with E-state index in [1.54, 1.807) is 0 Å². The first-order valence-electron chi connectivity index (χ1n) is 10.2. The quantitative estimate of drug-likeness (QED) is 0.613. The first-order valence-corrected chi connectivity index (χ1v) is 10.2. The van der Waals surface area contributed by atoms with Crippen LogP contribution in [0.1, 0.15) is 31.2 Å². The number of anilines is 2. The molecule has 3 N–H and O–H groups in total. The van der Waals surface area contributed by atoms with Crippen LogP contribution in [0.5, 0.6) is 11.5 Å². The topological polar surface area (TPSA) is 88.3 Å². The maximum Gasteiger partial charge on any atom is 0.230 e. The van der Waals surface area contributed by atoms with Gasteiger partial charge in [-0.1, -0.05) is 18.9 Å². The third-order valence-corrected chi connectivity index (χ3v) is 5.52. The normalized spacial score (nSPS) is 16.1. The molecule has 0 saturated heterocycles. The Kier molecular flexibility index (Phi) is 4.71. The summed E-state index contributed by atoms with van der Waals surface area (Å²) in [5.74, 6) is 1.84. The molecule has 0 atom stereocenters. The Morgan fingerprint density at radius 3 is 2.76 bits per heavy atom. The van der Waals surface area contributed by atoms with Crippen LogP contribution in [-0.4, -0.2) is 35.4 Å². The molecule has 3 aromatic rings. The number of benzene rings is 2. The van der Waals surface area contributed by atoms with Crippen molar-refractivity contribution in [1.29, 1.82) is 0 Å². The maximum absolute atomic E-state index is 12.6. The minimum Gasteiger partial charge on any atom is -0.486 e. The van der Waals surface area contributed by atoms with Gasteiger partial charge in [0.15, 0.2) is 17.3 Å². The van der Waals surface area contributed by atoms with Gasteiger partial charge < -0.3 is 20.1 Å². The number of H-pyrrole nitrogens is 1. The summed E-state index contributed by atoms with van der Waals surface area (Å²) >= 11 is 0. The number of hydrogen-bond acceptors (Lipinski definition) is 5. The summed E-state index contributed by atoms with van der Waals surface area (Å²) in [5.41, 5.74) is 2.83. The molecule has 1 aliphatic heterocycles. The van der Waals surface area contributed by atoms with E-state index in [0.717, 1.165) is 27.9 Å². The predicted molar refractivity (Wildman–Crippen MR) is 112 cm³/mol. The van der Waals surface area contributed by atoms with Crippen LogP contribution < -0.4 is 20.1 Å². The van der Waals surface area contributed by atoms with Crippen LogP contribution >= 0.6 is 0 Å². The summed E-state index contributed by atoms with van der Waals surface area (Å²) in [4.78, 5) is 12.6. The van der Waals surface area contributed by atoms with Crippen molar-refractivity contribution in [3.05, 3.63) is 42.0 Å². The van der Waals surface area contributed by atoms with E-state index in [1.807, 2.05) is 24.3 Å². The highest BCUT2D eigenvalue weighted by Crippen LogP contribution is 2.31. The minimum atomic E-state index is -0.121. The minimum absolute atomic E-state index is 0.121. The Morgan fingerprint density at radius 2 is 1.90 bits per heavy atom. The Bertz CT molecular complexity index is 1040. The van der Waals surface area contributed by atoms with Crippen LogP contribution in [0.3, 0.4) is 0 Å². The van der Waals surface area contributed by atoms with E-state index in [4.69, 9.17) is 9.47 Å². The highest BCUT2D eigenvalue weighted by Gasteiger charge is 2.17.